The molecule has 0 aliphatic heterocycles. The molecule has 156 valence electrons. The molecule has 0 saturated carbocycles. The molecular formula is C30H32N+. The van der Waals surface area contributed by atoms with E-state index in [1.54, 1.807) is 0 Å². The molecule has 1 aromatic heterocycles. The second-order valence-corrected chi connectivity index (χ2v) is 10.4. The zero-order chi connectivity index (χ0) is 22.1. The van der Waals surface area contributed by atoms with Crippen molar-refractivity contribution in [3.8, 4) is 22.4 Å². The van der Waals surface area contributed by atoms with Gasteiger partial charge in [-0.25, -0.2) is 4.57 Å². The lowest BCUT2D eigenvalue weighted by Crippen LogP contribution is -2.44. The molecule has 0 amide bonds. The van der Waals surface area contributed by atoms with Crippen LogP contribution in [0.4, 0.5) is 0 Å². The standard InChI is InChI=1S/C30H32N/c1-19-12-15-26(31(7)18-19)27-20(2)13-14-24-28(27)23-16-21-10-8-9-11-22(21)17-25(23)30(5,6)29(24,3)4/h8-18H,1-7H3/q+1. The summed E-state index contributed by atoms with van der Waals surface area (Å²) in [6, 6.07) is 22.8. The number of hydrogen-bond donors (Lipinski definition) is 0. The molecule has 31 heavy (non-hydrogen) atoms. The first-order chi connectivity index (χ1) is 14.6. The Morgan fingerprint density at radius 3 is 2.00 bits per heavy atom. The zero-order valence-corrected chi connectivity index (χ0v) is 19.8. The maximum atomic E-state index is 2.44. The number of aromatic nitrogens is 1. The molecule has 0 spiro atoms. The van der Waals surface area contributed by atoms with Crippen LogP contribution in [0.5, 0.6) is 0 Å². The largest absolute Gasteiger partial charge is 0.213 e. The molecule has 1 nitrogen and oxygen atoms in total. The number of pyridine rings is 1. The average Bonchev–Trinajstić information content (AvgIpc) is 2.72. The highest BCUT2D eigenvalue weighted by Crippen LogP contribution is 2.56. The molecule has 0 atom stereocenters. The first-order valence-corrected chi connectivity index (χ1v) is 11.3. The third-order valence-electron chi connectivity index (χ3n) is 8.02. The molecule has 1 heteroatoms. The Labute approximate surface area is 186 Å². The van der Waals surface area contributed by atoms with Crippen molar-refractivity contribution in [2.24, 2.45) is 7.05 Å². The van der Waals surface area contributed by atoms with E-state index in [1.165, 1.54) is 55.4 Å². The summed E-state index contributed by atoms with van der Waals surface area (Å²) in [4.78, 5) is 0. The van der Waals surface area contributed by atoms with Crippen molar-refractivity contribution < 1.29 is 4.57 Å². The number of fused-ring (bicyclic) bond motifs is 4. The van der Waals surface area contributed by atoms with E-state index >= 15 is 0 Å². The van der Waals surface area contributed by atoms with Crippen molar-refractivity contribution in [1.29, 1.82) is 0 Å². The normalized spacial score (nSPS) is 16.1. The number of nitrogens with zero attached hydrogens (tertiary/aromatic N) is 1. The molecule has 3 aromatic carbocycles. The van der Waals surface area contributed by atoms with E-state index in [1.807, 2.05) is 0 Å². The van der Waals surface area contributed by atoms with Crippen molar-refractivity contribution >= 4 is 10.8 Å². The fourth-order valence-corrected chi connectivity index (χ4v) is 5.48. The van der Waals surface area contributed by atoms with E-state index < -0.39 is 0 Å². The van der Waals surface area contributed by atoms with Crippen LogP contribution >= 0.6 is 0 Å². The van der Waals surface area contributed by atoms with Crippen LogP contribution in [0.15, 0.2) is 66.9 Å². The molecule has 1 aliphatic rings. The van der Waals surface area contributed by atoms with Gasteiger partial charge in [-0.3, -0.25) is 0 Å². The Hall–Kier alpha value is -2.93. The lowest BCUT2D eigenvalue weighted by atomic mass is 9.54. The maximum Gasteiger partial charge on any atom is 0.213 e. The van der Waals surface area contributed by atoms with E-state index in [0.717, 1.165) is 0 Å². The van der Waals surface area contributed by atoms with Gasteiger partial charge in [-0.05, 0) is 81.5 Å². The van der Waals surface area contributed by atoms with Gasteiger partial charge in [0.05, 0.1) is 5.56 Å². The number of rotatable bonds is 1. The zero-order valence-electron chi connectivity index (χ0n) is 19.8. The summed E-state index contributed by atoms with van der Waals surface area (Å²) in [6.07, 6.45) is 2.23. The average molecular weight is 407 g/mol. The summed E-state index contributed by atoms with van der Waals surface area (Å²) in [5, 5.41) is 2.63. The quantitative estimate of drug-likeness (QED) is 0.295. The topological polar surface area (TPSA) is 3.88 Å². The molecular weight excluding hydrogens is 374 g/mol. The Morgan fingerprint density at radius 2 is 1.32 bits per heavy atom. The van der Waals surface area contributed by atoms with Crippen LogP contribution in [0.3, 0.4) is 0 Å². The van der Waals surface area contributed by atoms with Gasteiger partial charge in [0.25, 0.3) is 0 Å². The lowest BCUT2D eigenvalue weighted by molar-refractivity contribution is -0.660. The Morgan fingerprint density at radius 1 is 0.677 bits per heavy atom. The van der Waals surface area contributed by atoms with Gasteiger partial charge in [0.1, 0.15) is 7.05 Å². The third kappa shape index (κ3) is 2.72. The van der Waals surface area contributed by atoms with Crippen LogP contribution in [0, 0.1) is 13.8 Å². The molecule has 4 aromatic rings. The number of aryl methyl sites for hydroxylation is 3. The van der Waals surface area contributed by atoms with E-state index in [9.17, 15) is 0 Å². The van der Waals surface area contributed by atoms with Crippen LogP contribution in [-0.4, -0.2) is 0 Å². The van der Waals surface area contributed by atoms with Crippen molar-refractivity contribution in [3.63, 3.8) is 0 Å². The van der Waals surface area contributed by atoms with Gasteiger partial charge in [0, 0.05) is 11.6 Å². The van der Waals surface area contributed by atoms with Gasteiger partial charge >= 0.3 is 0 Å². The van der Waals surface area contributed by atoms with E-state index in [4.69, 9.17) is 0 Å². The van der Waals surface area contributed by atoms with Crippen molar-refractivity contribution in [1.82, 2.24) is 0 Å². The summed E-state index contributed by atoms with van der Waals surface area (Å²) in [5.74, 6) is 0. The fraction of sp³-hybridized carbons (Fsp3) is 0.300. The van der Waals surface area contributed by atoms with Gasteiger partial charge in [0.15, 0.2) is 6.20 Å². The molecule has 0 N–H and O–H groups in total. The predicted molar refractivity (Wildman–Crippen MR) is 132 cm³/mol. The first kappa shape index (κ1) is 20.0. The van der Waals surface area contributed by atoms with E-state index in [2.05, 4.69) is 120 Å². The monoisotopic (exact) mass is 406 g/mol. The molecule has 0 saturated heterocycles. The Kier molecular flexibility index (Phi) is 4.21. The van der Waals surface area contributed by atoms with Gasteiger partial charge in [-0.15, -0.1) is 0 Å². The molecule has 0 unspecified atom stereocenters. The lowest BCUT2D eigenvalue weighted by Gasteiger charge is -2.49. The van der Waals surface area contributed by atoms with Gasteiger partial charge in [0.2, 0.25) is 5.69 Å². The summed E-state index contributed by atoms with van der Waals surface area (Å²) in [7, 11) is 2.17. The van der Waals surface area contributed by atoms with Gasteiger partial charge < -0.3 is 0 Å². The molecule has 0 radical (unpaired) electrons. The molecule has 0 fully saturated rings. The van der Waals surface area contributed by atoms with Crippen molar-refractivity contribution in [2.75, 3.05) is 0 Å². The van der Waals surface area contributed by atoms with Crippen LogP contribution in [-0.2, 0) is 17.9 Å². The SMILES string of the molecule is Cc1ccc(-c2c(C)ccc3c2-c2cc4ccccc4cc2C(C)(C)C3(C)C)[n+](C)c1. The Balaban J connectivity index is 1.97. The second-order valence-electron chi connectivity index (χ2n) is 10.4. The first-order valence-electron chi connectivity index (χ1n) is 11.3. The van der Waals surface area contributed by atoms with E-state index in [-0.39, 0.29) is 10.8 Å². The molecule has 0 bridgehead atoms. The van der Waals surface area contributed by atoms with Crippen LogP contribution in [0.2, 0.25) is 0 Å². The second kappa shape index (κ2) is 6.53. The van der Waals surface area contributed by atoms with Crippen molar-refractivity contribution in [3.05, 3.63) is 89.1 Å². The summed E-state index contributed by atoms with van der Waals surface area (Å²) in [6.45, 7) is 14.1. The van der Waals surface area contributed by atoms with E-state index in [0.29, 0.717) is 0 Å². The highest BCUT2D eigenvalue weighted by molar-refractivity contribution is 5.96. The fourth-order valence-electron chi connectivity index (χ4n) is 5.48. The maximum absolute atomic E-state index is 2.44. The minimum absolute atomic E-state index is 0.00348. The highest BCUT2D eigenvalue weighted by atomic mass is 14.9. The molecule has 1 aliphatic carbocycles. The smallest absolute Gasteiger partial charge is 0.201 e. The van der Waals surface area contributed by atoms with Crippen molar-refractivity contribution in [2.45, 2.75) is 52.4 Å². The van der Waals surface area contributed by atoms with Crippen LogP contribution in [0.1, 0.15) is 49.9 Å². The van der Waals surface area contributed by atoms with Gasteiger partial charge in [-0.2, -0.15) is 0 Å². The number of hydrogen-bond acceptors (Lipinski definition) is 0. The minimum atomic E-state index is 0.00348. The Bertz CT molecular complexity index is 1350. The van der Waals surface area contributed by atoms with Gasteiger partial charge in [-0.1, -0.05) is 64.1 Å². The van der Waals surface area contributed by atoms with Crippen LogP contribution < -0.4 is 4.57 Å². The van der Waals surface area contributed by atoms with Crippen LogP contribution in [0.25, 0.3) is 33.2 Å². The summed E-state index contributed by atoms with van der Waals surface area (Å²) >= 11 is 0. The summed E-state index contributed by atoms with van der Waals surface area (Å²) in [5.41, 5.74) is 10.9. The number of benzene rings is 3. The predicted octanol–water partition coefficient (Wildman–Crippen LogP) is 7.18. The molecule has 1 heterocycles. The summed E-state index contributed by atoms with van der Waals surface area (Å²) < 4.78 is 2.28. The highest BCUT2D eigenvalue weighted by Gasteiger charge is 2.47. The third-order valence-corrected chi connectivity index (χ3v) is 8.02. The minimum Gasteiger partial charge on any atom is -0.201 e. The molecule has 5 rings (SSSR count).